The van der Waals surface area contributed by atoms with E-state index in [0.717, 1.165) is 29.5 Å². The fraction of sp³-hybridized carbons (Fsp3) is 0.526. The van der Waals surface area contributed by atoms with Crippen molar-refractivity contribution >= 4 is 17.8 Å². The predicted molar refractivity (Wildman–Crippen MR) is 95.7 cm³/mol. The van der Waals surface area contributed by atoms with Crippen LogP contribution in [0, 0.1) is 20.8 Å². The molecule has 1 aromatic carbocycles. The van der Waals surface area contributed by atoms with Gasteiger partial charge in [-0.05, 0) is 51.2 Å². The SMILES string of the molecule is Cc1cc(C)c(OCC(=O)OCC(=O)N2CCCC[C@H]2C(N)=O)c(C)c1. The van der Waals surface area contributed by atoms with Crippen LogP contribution in [0.2, 0.25) is 0 Å². The Kier molecular flexibility index (Phi) is 6.60. The molecule has 7 nitrogen and oxygen atoms in total. The van der Waals surface area contributed by atoms with Crippen LogP contribution in [0.5, 0.6) is 5.75 Å². The molecule has 1 aromatic rings. The summed E-state index contributed by atoms with van der Waals surface area (Å²) in [4.78, 5) is 37.0. The molecule has 2 amide bonds. The summed E-state index contributed by atoms with van der Waals surface area (Å²) < 4.78 is 10.6. The largest absolute Gasteiger partial charge is 0.481 e. The lowest BCUT2D eigenvalue weighted by Gasteiger charge is -2.33. The first kappa shape index (κ1) is 19.8. The predicted octanol–water partition coefficient (Wildman–Crippen LogP) is 1.40. The summed E-state index contributed by atoms with van der Waals surface area (Å²) in [5.74, 6) is -0.934. The van der Waals surface area contributed by atoms with E-state index in [1.54, 1.807) is 0 Å². The second kappa shape index (κ2) is 8.69. The van der Waals surface area contributed by atoms with Crippen molar-refractivity contribution in [3.05, 3.63) is 28.8 Å². The van der Waals surface area contributed by atoms with Gasteiger partial charge in [-0.25, -0.2) is 4.79 Å². The molecule has 142 valence electrons. The summed E-state index contributed by atoms with van der Waals surface area (Å²) >= 11 is 0. The van der Waals surface area contributed by atoms with Crippen LogP contribution in [0.1, 0.15) is 36.0 Å². The van der Waals surface area contributed by atoms with Gasteiger partial charge >= 0.3 is 5.97 Å². The summed E-state index contributed by atoms with van der Waals surface area (Å²) in [7, 11) is 0. The fourth-order valence-corrected chi connectivity index (χ4v) is 3.32. The number of nitrogens with two attached hydrogens (primary N) is 1. The van der Waals surface area contributed by atoms with Gasteiger partial charge in [0.05, 0.1) is 0 Å². The summed E-state index contributed by atoms with van der Waals surface area (Å²) in [6.07, 6.45) is 2.20. The van der Waals surface area contributed by atoms with Crippen LogP contribution >= 0.6 is 0 Å². The first-order valence-electron chi connectivity index (χ1n) is 8.74. The van der Waals surface area contributed by atoms with Crippen LogP contribution in [-0.2, 0) is 19.1 Å². The molecule has 0 unspecified atom stereocenters. The number of piperidine rings is 1. The van der Waals surface area contributed by atoms with Gasteiger partial charge in [0, 0.05) is 6.54 Å². The number of rotatable bonds is 6. The number of aryl methyl sites for hydroxylation is 3. The van der Waals surface area contributed by atoms with Crippen LogP contribution in [0.3, 0.4) is 0 Å². The monoisotopic (exact) mass is 362 g/mol. The van der Waals surface area contributed by atoms with E-state index in [1.807, 2.05) is 32.9 Å². The van der Waals surface area contributed by atoms with E-state index >= 15 is 0 Å². The van der Waals surface area contributed by atoms with Gasteiger partial charge in [-0.3, -0.25) is 9.59 Å². The topological polar surface area (TPSA) is 98.9 Å². The third kappa shape index (κ3) is 4.97. The minimum Gasteiger partial charge on any atom is -0.481 e. The molecule has 26 heavy (non-hydrogen) atoms. The minimum absolute atomic E-state index is 0.280. The number of carbonyl (C=O) groups is 3. The molecule has 1 heterocycles. The van der Waals surface area contributed by atoms with Crippen molar-refractivity contribution < 1.29 is 23.9 Å². The second-order valence-corrected chi connectivity index (χ2v) is 6.68. The minimum atomic E-state index is -0.634. The molecule has 1 atom stereocenters. The molecule has 0 spiro atoms. The molecule has 0 radical (unpaired) electrons. The zero-order valence-corrected chi connectivity index (χ0v) is 15.5. The summed E-state index contributed by atoms with van der Waals surface area (Å²) in [6, 6.07) is 3.32. The number of likely N-dealkylation sites (tertiary alicyclic amines) is 1. The zero-order chi connectivity index (χ0) is 19.3. The standard InChI is InChI=1S/C19H26N2O5/c1-12-8-13(2)18(14(3)9-12)26-11-17(23)25-10-16(22)21-7-5-4-6-15(21)19(20)24/h8-9,15H,4-7,10-11H2,1-3H3,(H2,20,24)/t15-/m0/s1. The van der Waals surface area contributed by atoms with Crippen molar-refractivity contribution in [1.29, 1.82) is 0 Å². The maximum absolute atomic E-state index is 12.2. The zero-order valence-electron chi connectivity index (χ0n) is 15.5. The number of primary amides is 1. The van der Waals surface area contributed by atoms with Gasteiger partial charge < -0.3 is 20.1 Å². The van der Waals surface area contributed by atoms with E-state index in [0.29, 0.717) is 18.7 Å². The number of esters is 1. The second-order valence-electron chi connectivity index (χ2n) is 6.68. The van der Waals surface area contributed by atoms with Crippen LogP contribution < -0.4 is 10.5 Å². The third-order valence-corrected chi connectivity index (χ3v) is 4.45. The van der Waals surface area contributed by atoms with E-state index in [9.17, 15) is 14.4 Å². The Morgan fingerprint density at radius 3 is 2.38 bits per heavy atom. The van der Waals surface area contributed by atoms with E-state index < -0.39 is 30.4 Å². The van der Waals surface area contributed by atoms with E-state index in [2.05, 4.69) is 0 Å². The molecule has 0 bridgehead atoms. The highest BCUT2D eigenvalue weighted by atomic mass is 16.6. The lowest BCUT2D eigenvalue weighted by molar-refractivity contribution is -0.156. The number of ether oxygens (including phenoxy) is 2. The Morgan fingerprint density at radius 2 is 1.77 bits per heavy atom. The molecule has 1 fully saturated rings. The average molecular weight is 362 g/mol. The van der Waals surface area contributed by atoms with Gasteiger partial charge in [-0.2, -0.15) is 0 Å². The van der Waals surface area contributed by atoms with Crippen LogP contribution in [-0.4, -0.2) is 48.5 Å². The van der Waals surface area contributed by atoms with Crippen molar-refractivity contribution in [2.45, 2.75) is 46.1 Å². The van der Waals surface area contributed by atoms with Crippen molar-refractivity contribution in [1.82, 2.24) is 4.90 Å². The van der Waals surface area contributed by atoms with Gasteiger partial charge in [0.2, 0.25) is 5.91 Å². The van der Waals surface area contributed by atoms with Gasteiger partial charge in [-0.15, -0.1) is 0 Å². The Bertz CT molecular complexity index is 678. The molecule has 0 aliphatic carbocycles. The van der Waals surface area contributed by atoms with Gasteiger partial charge in [0.25, 0.3) is 5.91 Å². The molecule has 0 saturated carbocycles. The normalized spacial score (nSPS) is 16.9. The number of benzene rings is 1. The maximum atomic E-state index is 12.2. The lowest BCUT2D eigenvalue weighted by atomic mass is 10.0. The fourth-order valence-electron chi connectivity index (χ4n) is 3.32. The Hall–Kier alpha value is -2.57. The Balaban J connectivity index is 1.85. The third-order valence-electron chi connectivity index (χ3n) is 4.45. The Morgan fingerprint density at radius 1 is 1.12 bits per heavy atom. The van der Waals surface area contributed by atoms with Crippen molar-refractivity contribution in [3.63, 3.8) is 0 Å². The number of amides is 2. The molecule has 1 aliphatic heterocycles. The van der Waals surface area contributed by atoms with Crippen molar-refractivity contribution in [3.8, 4) is 5.75 Å². The number of hydrogen-bond acceptors (Lipinski definition) is 5. The summed E-state index contributed by atoms with van der Waals surface area (Å²) in [5.41, 5.74) is 8.33. The number of hydrogen-bond donors (Lipinski definition) is 1. The smallest absolute Gasteiger partial charge is 0.344 e. The maximum Gasteiger partial charge on any atom is 0.344 e. The quantitative estimate of drug-likeness (QED) is 0.771. The molecule has 7 heteroatoms. The highest BCUT2D eigenvalue weighted by Gasteiger charge is 2.31. The molecular weight excluding hydrogens is 336 g/mol. The highest BCUT2D eigenvalue weighted by molar-refractivity contribution is 5.88. The highest BCUT2D eigenvalue weighted by Crippen LogP contribution is 2.24. The van der Waals surface area contributed by atoms with Crippen LogP contribution in [0.15, 0.2) is 12.1 Å². The molecule has 2 N–H and O–H groups in total. The van der Waals surface area contributed by atoms with Crippen molar-refractivity contribution in [2.75, 3.05) is 19.8 Å². The number of nitrogens with zero attached hydrogens (tertiary/aromatic N) is 1. The van der Waals surface area contributed by atoms with Crippen molar-refractivity contribution in [2.24, 2.45) is 5.73 Å². The van der Waals surface area contributed by atoms with E-state index in [-0.39, 0.29) is 6.61 Å². The first-order chi connectivity index (χ1) is 12.3. The first-order valence-corrected chi connectivity index (χ1v) is 8.74. The molecule has 1 aliphatic rings. The average Bonchev–Trinajstić information content (AvgIpc) is 2.58. The van der Waals surface area contributed by atoms with E-state index in [1.165, 1.54) is 4.90 Å². The van der Waals surface area contributed by atoms with Gasteiger partial charge in [0.15, 0.2) is 13.2 Å². The van der Waals surface area contributed by atoms with Crippen LogP contribution in [0.25, 0.3) is 0 Å². The van der Waals surface area contributed by atoms with Gasteiger partial charge in [0.1, 0.15) is 11.8 Å². The number of carbonyl (C=O) groups excluding carboxylic acids is 3. The lowest BCUT2D eigenvalue weighted by Crippen LogP contribution is -2.51. The summed E-state index contributed by atoms with van der Waals surface area (Å²) in [6.45, 7) is 5.55. The molecule has 0 aromatic heterocycles. The van der Waals surface area contributed by atoms with Crippen LogP contribution in [0.4, 0.5) is 0 Å². The molecular formula is C19H26N2O5. The molecule has 1 saturated heterocycles. The summed E-state index contributed by atoms with van der Waals surface area (Å²) in [5, 5.41) is 0. The van der Waals surface area contributed by atoms with Gasteiger partial charge in [-0.1, -0.05) is 17.7 Å². The molecule has 2 rings (SSSR count). The van der Waals surface area contributed by atoms with E-state index in [4.69, 9.17) is 15.2 Å². The Labute approximate surface area is 153 Å².